The first-order valence-electron chi connectivity index (χ1n) is 20.4. The maximum absolute atomic E-state index is 5.71. The molecular formula is C57H41NO. The predicted molar refractivity (Wildman–Crippen MR) is 242 cm³/mol. The Balaban J connectivity index is 1.22. The van der Waals surface area contributed by atoms with Crippen LogP contribution in [0.4, 0.5) is 17.1 Å². The monoisotopic (exact) mass is 755 g/mol. The molecular weight excluding hydrogens is 715 g/mol. The molecule has 2 aliphatic rings. The van der Waals surface area contributed by atoms with Crippen molar-refractivity contribution in [2.45, 2.75) is 10.8 Å². The van der Waals surface area contributed by atoms with Gasteiger partial charge in [0.1, 0.15) is 5.75 Å². The maximum Gasteiger partial charge on any atom is 0.119 e. The molecule has 9 aromatic rings. The van der Waals surface area contributed by atoms with Crippen LogP contribution in [0.2, 0.25) is 0 Å². The van der Waals surface area contributed by atoms with Gasteiger partial charge in [-0.1, -0.05) is 188 Å². The molecule has 2 aliphatic carbocycles. The second-order valence-corrected chi connectivity index (χ2v) is 15.5. The van der Waals surface area contributed by atoms with Gasteiger partial charge in [0.15, 0.2) is 0 Å². The van der Waals surface area contributed by atoms with Gasteiger partial charge in [-0.25, -0.2) is 0 Å². The van der Waals surface area contributed by atoms with E-state index in [-0.39, 0.29) is 0 Å². The summed E-state index contributed by atoms with van der Waals surface area (Å²) in [4.78, 5) is 2.46. The molecule has 0 atom stereocenters. The molecule has 0 saturated heterocycles. The molecule has 2 nitrogen and oxygen atoms in total. The fourth-order valence-corrected chi connectivity index (χ4v) is 10.4. The summed E-state index contributed by atoms with van der Waals surface area (Å²) in [6, 6.07) is 84.7. The number of methoxy groups -OCH3 is 1. The van der Waals surface area contributed by atoms with Crippen LogP contribution >= 0.6 is 0 Å². The quantitative estimate of drug-likeness (QED) is 0.153. The Kier molecular flexibility index (Phi) is 8.20. The minimum Gasteiger partial charge on any atom is -0.497 e. The van der Waals surface area contributed by atoms with Gasteiger partial charge < -0.3 is 9.64 Å². The zero-order valence-corrected chi connectivity index (χ0v) is 32.8. The molecule has 0 radical (unpaired) electrons. The summed E-state index contributed by atoms with van der Waals surface area (Å²) in [5.74, 6) is 0.820. The van der Waals surface area contributed by atoms with Gasteiger partial charge in [-0.2, -0.15) is 0 Å². The van der Waals surface area contributed by atoms with Gasteiger partial charge in [0.05, 0.1) is 23.6 Å². The van der Waals surface area contributed by atoms with Crippen LogP contribution in [0.5, 0.6) is 5.75 Å². The van der Waals surface area contributed by atoms with Crippen molar-refractivity contribution in [2.24, 2.45) is 0 Å². The summed E-state index contributed by atoms with van der Waals surface area (Å²) in [7, 11) is 1.73. The normalized spacial score (nSPS) is 13.8. The molecule has 0 heterocycles. The summed E-state index contributed by atoms with van der Waals surface area (Å²) in [6.07, 6.45) is 0. The molecule has 0 saturated carbocycles. The number of anilines is 3. The van der Waals surface area contributed by atoms with Crippen molar-refractivity contribution in [2.75, 3.05) is 12.0 Å². The van der Waals surface area contributed by atoms with Crippen LogP contribution in [0.25, 0.3) is 22.3 Å². The SMILES string of the molecule is COc1ccc(N(c2ccc3c(c2)C(c2ccccc2)(c2ccccc2)c2ccccc2-3)c2cccc3c2-c2ccccc2C3(c2ccccc2)c2ccccc2)cc1. The Morgan fingerprint density at radius 1 is 0.339 bits per heavy atom. The van der Waals surface area contributed by atoms with Crippen molar-refractivity contribution in [3.05, 3.63) is 275 Å². The van der Waals surface area contributed by atoms with E-state index in [1.807, 2.05) is 0 Å². The second kappa shape index (κ2) is 13.9. The van der Waals surface area contributed by atoms with Crippen molar-refractivity contribution in [3.63, 3.8) is 0 Å². The molecule has 0 fully saturated rings. The molecule has 280 valence electrons. The van der Waals surface area contributed by atoms with Crippen molar-refractivity contribution in [3.8, 4) is 28.0 Å². The molecule has 0 bridgehead atoms. The van der Waals surface area contributed by atoms with Crippen molar-refractivity contribution in [1.29, 1.82) is 0 Å². The van der Waals surface area contributed by atoms with E-state index in [1.54, 1.807) is 7.11 Å². The Morgan fingerprint density at radius 3 is 1.31 bits per heavy atom. The lowest BCUT2D eigenvalue weighted by molar-refractivity contribution is 0.415. The largest absolute Gasteiger partial charge is 0.497 e. The molecule has 9 aromatic carbocycles. The molecule has 59 heavy (non-hydrogen) atoms. The highest BCUT2D eigenvalue weighted by Crippen LogP contribution is 2.61. The summed E-state index contributed by atoms with van der Waals surface area (Å²) in [5.41, 5.74) is 17.3. The molecule has 2 heteroatoms. The molecule has 0 amide bonds. The van der Waals surface area contributed by atoms with Crippen LogP contribution < -0.4 is 9.64 Å². The Labute approximate surface area is 346 Å². The van der Waals surface area contributed by atoms with Gasteiger partial charge in [0.25, 0.3) is 0 Å². The van der Waals surface area contributed by atoms with Crippen LogP contribution in [0, 0.1) is 0 Å². The van der Waals surface area contributed by atoms with Crippen molar-refractivity contribution < 1.29 is 4.74 Å². The molecule has 11 rings (SSSR count). The fourth-order valence-electron chi connectivity index (χ4n) is 10.4. The Bertz CT molecular complexity index is 2880. The average molecular weight is 756 g/mol. The number of hydrogen-bond donors (Lipinski definition) is 0. The first-order chi connectivity index (χ1) is 29.2. The summed E-state index contributed by atoms with van der Waals surface area (Å²) >= 11 is 0. The third-order valence-corrected chi connectivity index (χ3v) is 12.7. The van der Waals surface area contributed by atoms with E-state index in [9.17, 15) is 0 Å². The van der Waals surface area contributed by atoms with Gasteiger partial charge >= 0.3 is 0 Å². The van der Waals surface area contributed by atoms with E-state index >= 15 is 0 Å². The summed E-state index contributed by atoms with van der Waals surface area (Å²) in [5, 5.41) is 0. The molecule has 0 unspecified atom stereocenters. The van der Waals surface area contributed by atoms with Crippen LogP contribution in [-0.4, -0.2) is 7.11 Å². The van der Waals surface area contributed by atoms with Crippen LogP contribution in [-0.2, 0) is 10.8 Å². The fraction of sp³-hybridized carbons (Fsp3) is 0.0526. The summed E-state index contributed by atoms with van der Waals surface area (Å²) < 4.78 is 5.71. The van der Waals surface area contributed by atoms with E-state index in [0.29, 0.717) is 0 Å². The van der Waals surface area contributed by atoms with Crippen LogP contribution in [0.1, 0.15) is 44.5 Å². The minimum absolute atomic E-state index is 0.522. The van der Waals surface area contributed by atoms with Gasteiger partial charge in [-0.05, 0) is 104 Å². The first kappa shape index (κ1) is 34.8. The van der Waals surface area contributed by atoms with Gasteiger partial charge in [-0.3, -0.25) is 0 Å². The molecule has 0 spiro atoms. The number of rotatable bonds is 8. The lowest BCUT2D eigenvalue weighted by Gasteiger charge is -2.35. The molecule has 0 N–H and O–H groups in total. The first-order valence-corrected chi connectivity index (χ1v) is 20.4. The highest BCUT2D eigenvalue weighted by Gasteiger charge is 2.48. The van der Waals surface area contributed by atoms with E-state index in [4.69, 9.17) is 4.74 Å². The topological polar surface area (TPSA) is 12.5 Å². The Hall–Kier alpha value is -7.42. The van der Waals surface area contributed by atoms with Gasteiger partial charge in [-0.15, -0.1) is 0 Å². The highest BCUT2D eigenvalue weighted by molar-refractivity contribution is 5.98. The Morgan fingerprint density at radius 2 is 0.763 bits per heavy atom. The number of benzene rings is 9. The standard InChI is InChI=1S/C57H41NO/c1-59-46-36-33-44(34-37-46)58(45-35-38-48-47-27-14-16-29-50(47)57(53(48)39-45,42-23-10-4-11-24-42)43-25-12-5-13-26-43)54-32-18-31-52-55(54)49-28-15-17-30-51(49)56(52,40-19-6-2-7-20-40)41-21-8-3-9-22-41/h2-39H,1H3. The zero-order valence-electron chi connectivity index (χ0n) is 32.8. The minimum atomic E-state index is -0.531. The third-order valence-electron chi connectivity index (χ3n) is 12.7. The number of fused-ring (bicyclic) bond motifs is 6. The number of hydrogen-bond acceptors (Lipinski definition) is 2. The van der Waals surface area contributed by atoms with E-state index in [2.05, 4.69) is 235 Å². The zero-order chi connectivity index (χ0) is 39.4. The second-order valence-electron chi connectivity index (χ2n) is 15.5. The van der Waals surface area contributed by atoms with Crippen LogP contribution in [0.15, 0.2) is 231 Å². The number of nitrogens with zero attached hydrogens (tertiary/aromatic N) is 1. The summed E-state index contributed by atoms with van der Waals surface area (Å²) in [6.45, 7) is 0. The van der Waals surface area contributed by atoms with E-state index in [0.717, 1.165) is 22.8 Å². The highest BCUT2D eigenvalue weighted by atomic mass is 16.5. The van der Waals surface area contributed by atoms with E-state index in [1.165, 1.54) is 66.8 Å². The average Bonchev–Trinajstić information content (AvgIpc) is 3.79. The predicted octanol–water partition coefficient (Wildman–Crippen LogP) is 13.9. The van der Waals surface area contributed by atoms with Crippen LogP contribution in [0.3, 0.4) is 0 Å². The van der Waals surface area contributed by atoms with Crippen molar-refractivity contribution >= 4 is 17.1 Å². The van der Waals surface area contributed by atoms with Gasteiger partial charge in [0, 0.05) is 16.9 Å². The third kappa shape index (κ3) is 5.06. The maximum atomic E-state index is 5.71. The van der Waals surface area contributed by atoms with Crippen molar-refractivity contribution in [1.82, 2.24) is 0 Å². The van der Waals surface area contributed by atoms with E-state index < -0.39 is 10.8 Å². The smallest absolute Gasteiger partial charge is 0.119 e. The lowest BCUT2D eigenvalue weighted by Crippen LogP contribution is -2.29. The molecule has 0 aromatic heterocycles. The molecule has 0 aliphatic heterocycles. The lowest BCUT2D eigenvalue weighted by atomic mass is 9.67. The number of ether oxygens (including phenoxy) is 1. The van der Waals surface area contributed by atoms with Gasteiger partial charge in [0.2, 0.25) is 0 Å².